The molecular weight excluding hydrogens is 288 g/mol. The number of nitrogens with zero attached hydrogens (tertiary/aromatic N) is 1. The molecule has 23 heavy (non-hydrogen) atoms. The van der Waals surface area contributed by atoms with Crippen LogP contribution in [0.2, 0.25) is 0 Å². The third kappa shape index (κ3) is 4.37. The normalized spacial score (nSPS) is 25.7. The number of piperidine rings is 1. The second-order valence-electron chi connectivity index (χ2n) is 7.60. The highest BCUT2D eigenvalue weighted by Crippen LogP contribution is 2.47. The summed E-state index contributed by atoms with van der Waals surface area (Å²) in [4.78, 5) is 14.6. The Balaban J connectivity index is 1.37. The Bertz CT molecular complexity index is 529. The summed E-state index contributed by atoms with van der Waals surface area (Å²) in [5.41, 5.74) is 0. The molecule has 2 heterocycles. The summed E-state index contributed by atoms with van der Waals surface area (Å²) in [6.07, 6.45) is 4.60. The van der Waals surface area contributed by atoms with Gasteiger partial charge in [0.15, 0.2) is 0 Å². The van der Waals surface area contributed by atoms with Crippen LogP contribution in [0.3, 0.4) is 0 Å². The number of rotatable bonds is 6. The van der Waals surface area contributed by atoms with E-state index in [0.717, 1.165) is 43.4 Å². The van der Waals surface area contributed by atoms with E-state index in [4.69, 9.17) is 4.42 Å². The van der Waals surface area contributed by atoms with Crippen molar-refractivity contribution in [2.24, 2.45) is 5.92 Å². The Morgan fingerprint density at radius 1 is 1.35 bits per heavy atom. The third-order valence-corrected chi connectivity index (χ3v) is 5.38. The van der Waals surface area contributed by atoms with E-state index >= 15 is 0 Å². The van der Waals surface area contributed by atoms with Gasteiger partial charge in [-0.25, -0.2) is 0 Å². The van der Waals surface area contributed by atoms with E-state index in [9.17, 15) is 4.79 Å². The zero-order valence-electron chi connectivity index (χ0n) is 14.7. The lowest BCUT2D eigenvalue weighted by molar-refractivity contribution is -0.122. The van der Waals surface area contributed by atoms with Crippen molar-refractivity contribution < 1.29 is 9.21 Å². The molecule has 4 nitrogen and oxygen atoms in total. The predicted molar refractivity (Wildman–Crippen MR) is 91.4 cm³/mol. The van der Waals surface area contributed by atoms with Gasteiger partial charge in [-0.15, -0.1) is 0 Å². The Morgan fingerprint density at radius 2 is 2.04 bits per heavy atom. The van der Waals surface area contributed by atoms with Crippen molar-refractivity contribution in [1.82, 2.24) is 10.2 Å². The molecule has 1 saturated carbocycles. The molecule has 1 aliphatic heterocycles. The molecule has 2 aliphatic rings. The van der Waals surface area contributed by atoms with Crippen LogP contribution in [0.15, 0.2) is 16.5 Å². The maximum absolute atomic E-state index is 12.1. The van der Waals surface area contributed by atoms with Crippen LogP contribution in [-0.2, 0) is 11.2 Å². The van der Waals surface area contributed by atoms with E-state index in [1.54, 1.807) is 0 Å². The minimum atomic E-state index is 0.158. The smallest absolute Gasteiger partial charge is 0.220 e. The number of likely N-dealkylation sites (tertiary alicyclic amines) is 1. The van der Waals surface area contributed by atoms with Crippen LogP contribution in [0.5, 0.6) is 0 Å². The highest BCUT2D eigenvalue weighted by Gasteiger charge is 2.36. The van der Waals surface area contributed by atoms with E-state index in [2.05, 4.69) is 37.1 Å². The fourth-order valence-electron chi connectivity index (χ4n) is 3.54. The lowest BCUT2D eigenvalue weighted by Crippen LogP contribution is -2.46. The summed E-state index contributed by atoms with van der Waals surface area (Å²) in [7, 11) is 0. The molecule has 1 N–H and O–H groups in total. The maximum Gasteiger partial charge on any atom is 0.220 e. The number of carbonyl (C=O) groups excluding carboxylic acids is 1. The molecule has 0 radical (unpaired) electrons. The van der Waals surface area contributed by atoms with Crippen molar-refractivity contribution in [3.8, 4) is 0 Å². The van der Waals surface area contributed by atoms with Gasteiger partial charge in [-0.2, -0.15) is 0 Å². The lowest BCUT2D eigenvalue weighted by Gasteiger charge is -2.34. The number of amides is 1. The maximum atomic E-state index is 12.1. The van der Waals surface area contributed by atoms with Crippen molar-refractivity contribution in [1.29, 1.82) is 0 Å². The van der Waals surface area contributed by atoms with Crippen LogP contribution in [0.4, 0.5) is 0 Å². The molecule has 1 aromatic heterocycles. The first-order chi connectivity index (χ1) is 11.0. The minimum absolute atomic E-state index is 0.158. The highest BCUT2D eigenvalue weighted by molar-refractivity contribution is 5.76. The Labute approximate surface area is 139 Å². The van der Waals surface area contributed by atoms with Crippen LogP contribution < -0.4 is 5.32 Å². The quantitative estimate of drug-likeness (QED) is 0.875. The molecule has 4 heteroatoms. The van der Waals surface area contributed by atoms with Gasteiger partial charge in [0.05, 0.1) is 0 Å². The number of aryl methyl sites for hydroxylation is 1. The first-order valence-electron chi connectivity index (χ1n) is 9.15. The fourth-order valence-corrected chi connectivity index (χ4v) is 3.54. The van der Waals surface area contributed by atoms with Gasteiger partial charge >= 0.3 is 0 Å². The van der Waals surface area contributed by atoms with Crippen LogP contribution in [0, 0.1) is 5.92 Å². The molecule has 1 amide bonds. The van der Waals surface area contributed by atoms with Gasteiger partial charge in [-0.1, -0.05) is 6.92 Å². The summed E-state index contributed by atoms with van der Waals surface area (Å²) >= 11 is 0. The number of hydrogen-bond donors (Lipinski definition) is 1. The first kappa shape index (κ1) is 16.6. The topological polar surface area (TPSA) is 45.5 Å². The monoisotopic (exact) mass is 318 g/mol. The van der Waals surface area contributed by atoms with Crippen LogP contribution in [-0.4, -0.2) is 36.0 Å². The standard InChI is InChI=1S/C19H30N2O2/c1-13(2)21-10-8-15(9-11-21)20-19(22)7-5-16-4-6-18(23-16)17-12-14(17)3/h4,6,13-15,17H,5,7-12H2,1-3H3,(H,20,22)/t14-,17-/m1/s1. The van der Waals surface area contributed by atoms with Crippen LogP contribution in [0.25, 0.3) is 0 Å². The molecule has 0 bridgehead atoms. The molecule has 0 spiro atoms. The van der Waals surface area contributed by atoms with Crippen molar-refractivity contribution in [3.05, 3.63) is 23.7 Å². The second-order valence-corrected chi connectivity index (χ2v) is 7.60. The second kappa shape index (κ2) is 7.08. The summed E-state index contributed by atoms with van der Waals surface area (Å²) in [5.74, 6) is 3.58. The molecule has 2 atom stereocenters. The van der Waals surface area contributed by atoms with Gasteiger partial charge < -0.3 is 14.6 Å². The number of furan rings is 1. The summed E-state index contributed by atoms with van der Waals surface area (Å²) in [6.45, 7) is 8.90. The van der Waals surface area contributed by atoms with E-state index in [0.29, 0.717) is 30.8 Å². The zero-order chi connectivity index (χ0) is 16.4. The Kier molecular flexibility index (Phi) is 5.10. The van der Waals surface area contributed by atoms with Crippen molar-refractivity contribution in [2.45, 2.75) is 70.9 Å². The van der Waals surface area contributed by atoms with Crippen LogP contribution in [0.1, 0.15) is 63.9 Å². The SMILES string of the molecule is CC(C)N1CCC(NC(=O)CCc2ccc([C@@H]3C[C@H]3C)o2)CC1. The predicted octanol–water partition coefficient (Wildman–Crippen LogP) is 3.32. The molecule has 2 fully saturated rings. The summed E-state index contributed by atoms with van der Waals surface area (Å²) in [6, 6.07) is 5.07. The molecule has 3 rings (SSSR count). The summed E-state index contributed by atoms with van der Waals surface area (Å²) in [5, 5.41) is 3.19. The Morgan fingerprint density at radius 3 is 2.65 bits per heavy atom. The largest absolute Gasteiger partial charge is 0.466 e. The fraction of sp³-hybridized carbons (Fsp3) is 0.737. The van der Waals surface area contributed by atoms with Gasteiger partial charge in [-0.3, -0.25) is 4.79 Å². The van der Waals surface area contributed by atoms with Gasteiger partial charge in [0.1, 0.15) is 11.5 Å². The molecule has 1 aromatic rings. The van der Waals surface area contributed by atoms with Crippen molar-refractivity contribution in [2.75, 3.05) is 13.1 Å². The first-order valence-corrected chi connectivity index (χ1v) is 9.15. The number of hydrogen-bond acceptors (Lipinski definition) is 3. The molecule has 0 aromatic carbocycles. The average Bonchev–Trinajstić information content (AvgIpc) is 3.08. The Hall–Kier alpha value is -1.29. The average molecular weight is 318 g/mol. The van der Waals surface area contributed by atoms with Gasteiger partial charge in [0.2, 0.25) is 5.91 Å². The zero-order valence-corrected chi connectivity index (χ0v) is 14.7. The third-order valence-electron chi connectivity index (χ3n) is 5.38. The van der Waals surface area contributed by atoms with E-state index in [-0.39, 0.29) is 5.91 Å². The van der Waals surface area contributed by atoms with E-state index < -0.39 is 0 Å². The molecule has 0 unspecified atom stereocenters. The molecule has 1 aliphatic carbocycles. The van der Waals surface area contributed by atoms with Crippen molar-refractivity contribution in [3.63, 3.8) is 0 Å². The molecular formula is C19H30N2O2. The van der Waals surface area contributed by atoms with Gasteiger partial charge in [0.25, 0.3) is 0 Å². The highest BCUT2D eigenvalue weighted by atomic mass is 16.3. The van der Waals surface area contributed by atoms with E-state index in [1.165, 1.54) is 6.42 Å². The minimum Gasteiger partial charge on any atom is -0.466 e. The summed E-state index contributed by atoms with van der Waals surface area (Å²) < 4.78 is 5.87. The van der Waals surface area contributed by atoms with Gasteiger partial charge in [0, 0.05) is 43.9 Å². The molecule has 1 saturated heterocycles. The number of carbonyl (C=O) groups is 1. The lowest BCUT2D eigenvalue weighted by atomic mass is 10.0. The van der Waals surface area contributed by atoms with Crippen molar-refractivity contribution >= 4 is 5.91 Å². The van der Waals surface area contributed by atoms with E-state index in [1.807, 2.05) is 6.07 Å². The van der Waals surface area contributed by atoms with Crippen LogP contribution >= 0.6 is 0 Å². The molecule has 128 valence electrons. The number of nitrogens with one attached hydrogen (secondary N) is 1. The van der Waals surface area contributed by atoms with Gasteiger partial charge in [-0.05, 0) is 51.2 Å².